The van der Waals surface area contributed by atoms with E-state index in [2.05, 4.69) is 10.6 Å². The van der Waals surface area contributed by atoms with Crippen LogP contribution in [0.2, 0.25) is 0 Å². The molecule has 0 saturated carbocycles. The molecule has 0 fully saturated rings. The Labute approximate surface area is 119 Å². The van der Waals surface area contributed by atoms with E-state index in [1.54, 1.807) is 6.92 Å². The number of carboxylic acids is 1. The number of urea groups is 1. The quantitative estimate of drug-likeness (QED) is 0.610. The van der Waals surface area contributed by atoms with Crippen molar-refractivity contribution in [1.29, 1.82) is 0 Å². The smallest absolute Gasteiger partial charge is 0.326 e. The molecule has 0 bridgehead atoms. The van der Waals surface area contributed by atoms with Crippen LogP contribution in [0.1, 0.15) is 33.6 Å². The molecule has 0 aliphatic carbocycles. The molecule has 0 radical (unpaired) electrons. The highest BCUT2D eigenvalue weighted by Crippen LogP contribution is 2.08. The second-order valence-electron chi connectivity index (χ2n) is 4.86. The SMILES string of the molecule is CCCNC(=O)CN(C)C(=O)N[C@H](C(=O)O)[C@@H](C)CC. The summed E-state index contributed by atoms with van der Waals surface area (Å²) in [5.41, 5.74) is 0. The van der Waals surface area contributed by atoms with E-state index in [9.17, 15) is 14.4 Å². The number of rotatable bonds is 8. The van der Waals surface area contributed by atoms with Crippen molar-refractivity contribution in [3.8, 4) is 0 Å². The second-order valence-corrected chi connectivity index (χ2v) is 4.86. The molecular formula is C13H25N3O4. The average molecular weight is 287 g/mol. The number of likely N-dealkylation sites (N-methyl/N-ethyl adjacent to an activating group) is 1. The molecule has 3 N–H and O–H groups in total. The van der Waals surface area contributed by atoms with E-state index in [1.165, 1.54) is 11.9 Å². The van der Waals surface area contributed by atoms with Gasteiger partial charge in [-0.1, -0.05) is 27.2 Å². The fourth-order valence-electron chi connectivity index (χ4n) is 1.53. The van der Waals surface area contributed by atoms with Crippen molar-refractivity contribution < 1.29 is 19.5 Å². The highest BCUT2D eigenvalue weighted by Gasteiger charge is 2.26. The number of carbonyl (C=O) groups is 3. The van der Waals surface area contributed by atoms with Crippen LogP contribution in [0.4, 0.5) is 4.79 Å². The average Bonchev–Trinajstić information content (AvgIpc) is 2.40. The molecule has 0 aliphatic rings. The van der Waals surface area contributed by atoms with E-state index in [1.807, 2.05) is 13.8 Å². The van der Waals surface area contributed by atoms with Crippen LogP contribution < -0.4 is 10.6 Å². The summed E-state index contributed by atoms with van der Waals surface area (Å²) in [6.45, 7) is 6.00. The Kier molecular flexibility index (Phi) is 8.35. The van der Waals surface area contributed by atoms with Crippen LogP contribution in [0.5, 0.6) is 0 Å². The van der Waals surface area contributed by atoms with Gasteiger partial charge in [-0.3, -0.25) is 4.79 Å². The molecule has 0 heterocycles. The minimum absolute atomic E-state index is 0.0985. The molecule has 3 amide bonds. The Morgan fingerprint density at radius 3 is 2.30 bits per heavy atom. The maximum atomic E-state index is 11.9. The third kappa shape index (κ3) is 6.40. The summed E-state index contributed by atoms with van der Waals surface area (Å²) < 4.78 is 0. The monoisotopic (exact) mass is 287 g/mol. The zero-order valence-electron chi connectivity index (χ0n) is 12.6. The van der Waals surface area contributed by atoms with Crippen molar-refractivity contribution in [1.82, 2.24) is 15.5 Å². The van der Waals surface area contributed by atoms with Gasteiger partial charge in [0.15, 0.2) is 0 Å². The van der Waals surface area contributed by atoms with E-state index in [-0.39, 0.29) is 18.4 Å². The zero-order valence-corrected chi connectivity index (χ0v) is 12.6. The first-order valence-corrected chi connectivity index (χ1v) is 6.84. The number of hydrogen-bond donors (Lipinski definition) is 3. The van der Waals surface area contributed by atoms with Crippen molar-refractivity contribution in [2.45, 2.75) is 39.7 Å². The number of nitrogens with one attached hydrogen (secondary N) is 2. The van der Waals surface area contributed by atoms with Gasteiger partial charge in [0, 0.05) is 13.6 Å². The van der Waals surface area contributed by atoms with Crippen LogP contribution in [0.3, 0.4) is 0 Å². The van der Waals surface area contributed by atoms with Gasteiger partial charge in [-0.25, -0.2) is 9.59 Å². The Morgan fingerprint density at radius 1 is 1.25 bits per heavy atom. The molecule has 2 atom stereocenters. The lowest BCUT2D eigenvalue weighted by Gasteiger charge is -2.24. The summed E-state index contributed by atoms with van der Waals surface area (Å²) in [6, 6.07) is -1.52. The first-order valence-electron chi connectivity index (χ1n) is 6.84. The number of carboxylic acid groups (broad SMARTS) is 1. The van der Waals surface area contributed by atoms with Crippen LogP contribution in [-0.4, -0.2) is 54.1 Å². The predicted octanol–water partition coefficient (Wildman–Crippen LogP) is 0.653. The van der Waals surface area contributed by atoms with Gasteiger partial charge in [0.2, 0.25) is 5.91 Å². The van der Waals surface area contributed by atoms with E-state index in [0.717, 1.165) is 6.42 Å². The Morgan fingerprint density at radius 2 is 1.85 bits per heavy atom. The Balaban J connectivity index is 4.42. The van der Waals surface area contributed by atoms with Gasteiger partial charge in [-0.2, -0.15) is 0 Å². The van der Waals surface area contributed by atoms with Gasteiger partial charge >= 0.3 is 12.0 Å². The highest BCUT2D eigenvalue weighted by atomic mass is 16.4. The third-order valence-corrected chi connectivity index (χ3v) is 3.06. The van der Waals surface area contributed by atoms with E-state index in [0.29, 0.717) is 13.0 Å². The summed E-state index contributed by atoms with van der Waals surface area (Å²) in [5.74, 6) is -1.52. The Bertz CT molecular complexity index is 347. The number of amides is 3. The lowest BCUT2D eigenvalue weighted by Crippen LogP contribution is -2.51. The van der Waals surface area contributed by atoms with Gasteiger partial charge < -0.3 is 20.6 Å². The van der Waals surface area contributed by atoms with Crippen molar-refractivity contribution in [3.05, 3.63) is 0 Å². The van der Waals surface area contributed by atoms with Gasteiger partial charge in [0.25, 0.3) is 0 Å². The normalized spacial score (nSPS) is 13.2. The standard InChI is InChI=1S/C13H25N3O4/c1-5-7-14-10(17)8-16(4)13(20)15-11(12(18)19)9(3)6-2/h9,11H,5-8H2,1-4H3,(H,14,17)(H,15,20)(H,18,19)/t9-,11-/m0/s1. The van der Waals surface area contributed by atoms with E-state index in [4.69, 9.17) is 5.11 Å². The van der Waals surface area contributed by atoms with Gasteiger partial charge in [-0.05, 0) is 12.3 Å². The van der Waals surface area contributed by atoms with Gasteiger partial charge in [0.05, 0.1) is 0 Å². The van der Waals surface area contributed by atoms with Gasteiger partial charge in [-0.15, -0.1) is 0 Å². The number of nitrogens with zero attached hydrogens (tertiary/aromatic N) is 1. The van der Waals surface area contributed by atoms with E-state index >= 15 is 0 Å². The molecule has 0 rings (SSSR count). The van der Waals surface area contributed by atoms with Crippen molar-refractivity contribution >= 4 is 17.9 Å². The number of hydrogen-bond acceptors (Lipinski definition) is 3. The Hall–Kier alpha value is -1.79. The second kappa shape index (κ2) is 9.17. The summed E-state index contributed by atoms with van der Waals surface area (Å²) >= 11 is 0. The summed E-state index contributed by atoms with van der Waals surface area (Å²) in [5, 5.41) is 14.2. The number of aliphatic carboxylic acids is 1. The van der Waals surface area contributed by atoms with E-state index < -0.39 is 18.0 Å². The first-order chi connectivity index (χ1) is 9.33. The summed E-state index contributed by atoms with van der Waals surface area (Å²) in [6.07, 6.45) is 1.45. The summed E-state index contributed by atoms with van der Waals surface area (Å²) in [7, 11) is 1.45. The minimum atomic E-state index is -1.07. The first kappa shape index (κ1) is 18.2. The molecule has 0 aromatic rings. The van der Waals surface area contributed by atoms with Crippen LogP contribution in [0.15, 0.2) is 0 Å². The van der Waals surface area contributed by atoms with Crippen molar-refractivity contribution in [2.24, 2.45) is 5.92 Å². The molecular weight excluding hydrogens is 262 g/mol. The van der Waals surface area contributed by atoms with Crippen LogP contribution in [-0.2, 0) is 9.59 Å². The molecule has 0 aromatic carbocycles. The fourth-order valence-corrected chi connectivity index (χ4v) is 1.53. The molecule has 116 valence electrons. The molecule has 0 aromatic heterocycles. The van der Waals surface area contributed by atoms with Crippen LogP contribution >= 0.6 is 0 Å². The molecule has 7 nitrogen and oxygen atoms in total. The largest absolute Gasteiger partial charge is 0.480 e. The molecule has 0 unspecified atom stereocenters. The van der Waals surface area contributed by atoms with Crippen molar-refractivity contribution in [2.75, 3.05) is 20.1 Å². The molecule has 20 heavy (non-hydrogen) atoms. The highest BCUT2D eigenvalue weighted by molar-refractivity contribution is 5.86. The summed E-state index contributed by atoms with van der Waals surface area (Å²) in [4.78, 5) is 35.6. The van der Waals surface area contributed by atoms with Crippen molar-refractivity contribution in [3.63, 3.8) is 0 Å². The fraction of sp³-hybridized carbons (Fsp3) is 0.769. The maximum Gasteiger partial charge on any atom is 0.326 e. The molecule has 0 spiro atoms. The molecule has 0 aliphatic heterocycles. The molecule has 0 saturated heterocycles. The predicted molar refractivity (Wildman–Crippen MR) is 75.3 cm³/mol. The maximum absolute atomic E-state index is 11.9. The zero-order chi connectivity index (χ0) is 15.7. The lowest BCUT2D eigenvalue weighted by atomic mass is 9.99. The minimum Gasteiger partial charge on any atom is -0.480 e. The van der Waals surface area contributed by atoms with Crippen LogP contribution in [0, 0.1) is 5.92 Å². The van der Waals surface area contributed by atoms with Gasteiger partial charge in [0.1, 0.15) is 12.6 Å². The molecule has 7 heteroatoms. The van der Waals surface area contributed by atoms with Crippen LogP contribution in [0.25, 0.3) is 0 Å². The lowest BCUT2D eigenvalue weighted by molar-refractivity contribution is -0.140. The topological polar surface area (TPSA) is 98.7 Å². The third-order valence-electron chi connectivity index (χ3n) is 3.06. The number of carbonyl (C=O) groups excluding carboxylic acids is 2.